The Kier molecular flexibility index (Phi) is 6.10. The van der Waals surface area contributed by atoms with Crippen LogP contribution < -0.4 is 10.6 Å². The zero-order valence-corrected chi connectivity index (χ0v) is 17.3. The van der Waals surface area contributed by atoms with Crippen LogP contribution in [0, 0.1) is 12.8 Å². The highest BCUT2D eigenvalue weighted by Gasteiger charge is 2.25. The van der Waals surface area contributed by atoms with Gasteiger partial charge in [0.2, 0.25) is 11.8 Å². The van der Waals surface area contributed by atoms with E-state index in [-0.39, 0.29) is 22.5 Å². The molecule has 0 spiro atoms. The van der Waals surface area contributed by atoms with Crippen LogP contribution in [0.1, 0.15) is 18.9 Å². The molecule has 0 fully saturated rings. The van der Waals surface area contributed by atoms with Crippen molar-refractivity contribution in [3.63, 3.8) is 0 Å². The van der Waals surface area contributed by atoms with Gasteiger partial charge in [-0.3, -0.25) is 9.59 Å². The second kappa shape index (κ2) is 8.36. The highest BCUT2D eigenvalue weighted by atomic mass is 32.2. The second-order valence-electron chi connectivity index (χ2n) is 6.84. The molecule has 6 nitrogen and oxygen atoms in total. The first-order valence-electron chi connectivity index (χ1n) is 8.91. The lowest BCUT2D eigenvalue weighted by Gasteiger charge is -2.14. The van der Waals surface area contributed by atoms with Crippen LogP contribution in [0.4, 0.5) is 11.4 Å². The van der Waals surface area contributed by atoms with E-state index in [4.69, 9.17) is 0 Å². The fourth-order valence-electron chi connectivity index (χ4n) is 2.80. The number of nitrogens with one attached hydrogen (secondary N) is 2. The summed E-state index contributed by atoms with van der Waals surface area (Å²) in [4.78, 5) is 25.1. The van der Waals surface area contributed by atoms with E-state index in [2.05, 4.69) is 10.6 Å². The van der Waals surface area contributed by atoms with Gasteiger partial charge in [0.05, 0.1) is 16.3 Å². The summed E-state index contributed by atoms with van der Waals surface area (Å²) in [5, 5.41) is 5.49. The van der Waals surface area contributed by atoms with Crippen LogP contribution in [-0.4, -0.2) is 31.7 Å². The molecule has 28 heavy (non-hydrogen) atoms. The van der Waals surface area contributed by atoms with Crippen molar-refractivity contribution in [1.82, 2.24) is 0 Å². The number of anilines is 2. The number of carbonyl (C=O) groups is 2. The van der Waals surface area contributed by atoms with Gasteiger partial charge in [0.25, 0.3) is 0 Å². The lowest BCUT2D eigenvalue weighted by atomic mass is 10.2. The minimum absolute atomic E-state index is 0.101. The number of hydrogen-bond acceptors (Lipinski definition) is 5. The molecule has 2 amide bonds. The number of thioether (sulfide) groups is 1. The molecule has 0 radical (unpaired) electrons. The van der Waals surface area contributed by atoms with E-state index in [1.54, 1.807) is 25.1 Å². The summed E-state index contributed by atoms with van der Waals surface area (Å²) >= 11 is 1.51. The van der Waals surface area contributed by atoms with Gasteiger partial charge < -0.3 is 10.6 Å². The molecule has 2 aromatic rings. The first kappa shape index (κ1) is 20.4. The third kappa shape index (κ3) is 4.94. The van der Waals surface area contributed by atoms with Crippen LogP contribution in [-0.2, 0) is 19.4 Å². The number of carbonyl (C=O) groups excluding carboxylic acids is 2. The van der Waals surface area contributed by atoms with Crippen LogP contribution in [0.15, 0.2) is 52.3 Å². The lowest BCUT2D eigenvalue weighted by Crippen LogP contribution is -2.27. The van der Waals surface area contributed by atoms with Gasteiger partial charge in [-0.2, -0.15) is 0 Å². The Hall–Kier alpha value is -2.32. The normalized spacial score (nSPS) is 15.1. The maximum Gasteiger partial charge on any atom is 0.228 e. The van der Waals surface area contributed by atoms with Gasteiger partial charge >= 0.3 is 0 Å². The molecular formula is C20H22N2O4S2. The average Bonchev–Trinajstić information content (AvgIpc) is 2.83. The van der Waals surface area contributed by atoms with Crippen LogP contribution in [0.2, 0.25) is 0 Å². The highest BCUT2D eigenvalue weighted by Crippen LogP contribution is 2.33. The quantitative estimate of drug-likeness (QED) is 0.776. The van der Waals surface area contributed by atoms with Crippen molar-refractivity contribution in [2.24, 2.45) is 5.92 Å². The maximum absolute atomic E-state index is 12.8. The number of rotatable bonds is 5. The molecule has 0 unspecified atom stereocenters. The van der Waals surface area contributed by atoms with Crippen LogP contribution in [0.3, 0.4) is 0 Å². The average molecular weight is 419 g/mol. The summed E-state index contributed by atoms with van der Waals surface area (Å²) < 4.78 is 25.6. The zero-order chi connectivity index (χ0) is 20.3. The number of aryl methyl sites for hydroxylation is 1. The van der Waals surface area contributed by atoms with Crippen molar-refractivity contribution >= 4 is 44.8 Å². The van der Waals surface area contributed by atoms with E-state index in [0.29, 0.717) is 23.5 Å². The van der Waals surface area contributed by atoms with Crippen molar-refractivity contribution in [3.8, 4) is 0 Å². The topological polar surface area (TPSA) is 92.3 Å². The minimum atomic E-state index is -3.69. The fraction of sp³-hybridized carbons (Fsp3) is 0.300. The van der Waals surface area contributed by atoms with Gasteiger partial charge in [-0.15, -0.1) is 11.8 Å². The highest BCUT2D eigenvalue weighted by molar-refractivity contribution is 7.99. The molecule has 1 aliphatic heterocycles. The summed E-state index contributed by atoms with van der Waals surface area (Å²) in [6.45, 7) is 3.53. The first-order valence-corrected chi connectivity index (χ1v) is 11.6. The Balaban J connectivity index is 1.73. The van der Waals surface area contributed by atoms with Gasteiger partial charge in [0.1, 0.15) is 0 Å². The fourth-order valence-corrected chi connectivity index (χ4v) is 5.31. The molecule has 0 aliphatic carbocycles. The zero-order valence-electron chi connectivity index (χ0n) is 15.7. The lowest BCUT2D eigenvalue weighted by molar-refractivity contribution is -0.119. The molecule has 1 aliphatic rings. The maximum atomic E-state index is 12.8. The monoisotopic (exact) mass is 418 g/mol. The number of sulfone groups is 1. The Labute approximate surface area is 169 Å². The standard InChI is InChI=1S/C20H22N2O4S2/c1-13-3-5-15(6-4-13)21-20(24)14(2)12-28(25,26)16-7-8-18-17(11-16)22-19(23)9-10-27-18/h3-8,11,14H,9-10,12H2,1-2H3,(H,21,24)(H,22,23)/t14-/m0/s1. The van der Waals surface area contributed by atoms with E-state index in [0.717, 1.165) is 10.5 Å². The van der Waals surface area contributed by atoms with Gasteiger partial charge in [-0.1, -0.05) is 24.6 Å². The van der Waals surface area contributed by atoms with Crippen molar-refractivity contribution in [2.75, 3.05) is 22.1 Å². The predicted molar refractivity (Wildman–Crippen MR) is 111 cm³/mol. The molecule has 0 saturated heterocycles. The summed E-state index contributed by atoms with van der Waals surface area (Å²) in [5.74, 6) is -0.877. The summed E-state index contributed by atoms with van der Waals surface area (Å²) in [6, 6.07) is 12.0. The van der Waals surface area contributed by atoms with Crippen LogP contribution >= 0.6 is 11.8 Å². The smallest absolute Gasteiger partial charge is 0.228 e. The molecule has 0 aromatic heterocycles. The molecular weight excluding hydrogens is 396 g/mol. The third-order valence-corrected chi connectivity index (χ3v) is 7.39. The van der Waals surface area contributed by atoms with Gasteiger partial charge in [0, 0.05) is 28.7 Å². The van der Waals surface area contributed by atoms with E-state index >= 15 is 0 Å². The third-order valence-electron chi connectivity index (χ3n) is 4.41. The molecule has 1 heterocycles. The van der Waals surface area contributed by atoms with Crippen molar-refractivity contribution in [1.29, 1.82) is 0 Å². The molecule has 2 N–H and O–H groups in total. The van der Waals surface area contributed by atoms with E-state index in [9.17, 15) is 18.0 Å². The largest absolute Gasteiger partial charge is 0.326 e. The molecule has 0 saturated carbocycles. The van der Waals surface area contributed by atoms with Crippen molar-refractivity contribution in [2.45, 2.75) is 30.1 Å². The Morgan fingerprint density at radius 3 is 2.64 bits per heavy atom. The van der Waals surface area contributed by atoms with Crippen LogP contribution in [0.5, 0.6) is 0 Å². The second-order valence-corrected chi connectivity index (χ2v) is 10.0. The number of fused-ring (bicyclic) bond motifs is 1. The Bertz CT molecular complexity index is 1000. The molecule has 148 valence electrons. The van der Waals surface area contributed by atoms with E-state index in [1.807, 2.05) is 19.1 Å². The van der Waals surface area contributed by atoms with Gasteiger partial charge in [0.15, 0.2) is 9.84 Å². The van der Waals surface area contributed by atoms with Crippen molar-refractivity contribution < 1.29 is 18.0 Å². The molecule has 2 aromatic carbocycles. The number of amides is 2. The SMILES string of the molecule is Cc1ccc(NC(=O)[C@@H](C)CS(=O)(=O)c2ccc3c(c2)NC(=O)CCS3)cc1. The number of hydrogen-bond donors (Lipinski definition) is 2. The van der Waals surface area contributed by atoms with Gasteiger partial charge in [-0.25, -0.2) is 8.42 Å². The summed E-state index contributed by atoms with van der Waals surface area (Å²) in [6.07, 6.45) is 0.387. The Morgan fingerprint density at radius 2 is 1.93 bits per heavy atom. The van der Waals surface area contributed by atoms with E-state index < -0.39 is 15.8 Å². The van der Waals surface area contributed by atoms with Crippen molar-refractivity contribution in [3.05, 3.63) is 48.0 Å². The predicted octanol–water partition coefficient (Wildman–Crippen LogP) is 3.48. The minimum Gasteiger partial charge on any atom is -0.326 e. The molecule has 1 atom stereocenters. The molecule has 0 bridgehead atoms. The van der Waals surface area contributed by atoms with E-state index in [1.165, 1.54) is 23.9 Å². The molecule has 8 heteroatoms. The Morgan fingerprint density at radius 1 is 1.21 bits per heavy atom. The van der Waals surface area contributed by atoms with Gasteiger partial charge in [-0.05, 0) is 37.3 Å². The summed E-state index contributed by atoms with van der Waals surface area (Å²) in [7, 11) is -3.69. The first-order chi connectivity index (χ1) is 13.2. The summed E-state index contributed by atoms with van der Waals surface area (Å²) in [5.41, 5.74) is 2.21. The molecule has 3 rings (SSSR count). The number of benzene rings is 2. The van der Waals surface area contributed by atoms with Crippen LogP contribution in [0.25, 0.3) is 0 Å².